The smallest absolute Gasteiger partial charge is 0.221 e. The Labute approximate surface area is 128 Å². The number of carbonyl (C=O) groups excluding carboxylic acids is 1. The van der Waals surface area contributed by atoms with Gasteiger partial charge in [-0.15, -0.1) is 0 Å². The molecule has 1 N–H and O–H groups in total. The maximum Gasteiger partial charge on any atom is 0.221 e. The van der Waals surface area contributed by atoms with Gasteiger partial charge in [0, 0.05) is 23.1 Å². The topological polar surface area (TPSA) is 38.3 Å². The minimum atomic E-state index is -0.104. The van der Waals surface area contributed by atoms with E-state index < -0.39 is 0 Å². The fourth-order valence-electron chi connectivity index (χ4n) is 2.38. The van der Waals surface area contributed by atoms with Gasteiger partial charge in [0.15, 0.2) is 0 Å². The summed E-state index contributed by atoms with van der Waals surface area (Å²) in [6.07, 6.45) is 0. The molecular weight excluding hydrogens is 286 g/mol. The van der Waals surface area contributed by atoms with Crippen molar-refractivity contribution in [3.63, 3.8) is 0 Å². The third-order valence-corrected chi connectivity index (χ3v) is 3.58. The fraction of sp³-hybridized carbons (Fsp3) is 0.118. The number of carbonyl (C=O) groups is 1. The fourth-order valence-corrected chi connectivity index (χ4v) is 2.51. The zero-order chi connectivity index (χ0) is 14.8. The minimum absolute atomic E-state index is 0.104. The highest BCUT2D eigenvalue weighted by Gasteiger charge is 2.21. The molecule has 3 nitrogen and oxygen atoms in total. The first kappa shape index (κ1) is 13.7. The van der Waals surface area contributed by atoms with Crippen LogP contribution in [-0.4, -0.2) is 12.5 Å². The van der Waals surface area contributed by atoms with E-state index in [9.17, 15) is 4.79 Å². The first-order valence-corrected chi connectivity index (χ1v) is 7.02. The van der Waals surface area contributed by atoms with E-state index in [4.69, 9.17) is 16.3 Å². The number of halogens is 1. The van der Waals surface area contributed by atoms with Gasteiger partial charge in [0.05, 0.1) is 5.70 Å². The van der Waals surface area contributed by atoms with Crippen molar-refractivity contribution >= 4 is 28.8 Å². The van der Waals surface area contributed by atoms with Crippen LogP contribution in [0.25, 0.3) is 11.3 Å². The van der Waals surface area contributed by atoms with E-state index in [1.807, 2.05) is 48.5 Å². The van der Waals surface area contributed by atoms with Gasteiger partial charge in [-0.2, -0.15) is 0 Å². The van der Waals surface area contributed by atoms with Crippen LogP contribution in [0.15, 0.2) is 48.5 Å². The van der Waals surface area contributed by atoms with Crippen LogP contribution in [0.4, 0.5) is 0 Å². The second-order valence-corrected chi connectivity index (χ2v) is 5.26. The Hall–Kier alpha value is -2.26. The molecule has 1 aliphatic heterocycles. The highest BCUT2D eigenvalue weighted by molar-refractivity contribution is 6.30. The number of hydrogen-bond donors (Lipinski definition) is 1. The zero-order valence-electron chi connectivity index (χ0n) is 11.5. The number of hydrogen-bond acceptors (Lipinski definition) is 2. The second-order valence-electron chi connectivity index (χ2n) is 4.83. The monoisotopic (exact) mass is 299 g/mol. The van der Waals surface area contributed by atoms with Gasteiger partial charge in [-0.3, -0.25) is 4.79 Å². The van der Waals surface area contributed by atoms with Gasteiger partial charge in [-0.05, 0) is 29.8 Å². The van der Waals surface area contributed by atoms with Crippen LogP contribution in [0.2, 0.25) is 5.02 Å². The molecule has 0 spiro atoms. The lowest BCUT2D eigenvalue weighted by Gasteiger charge is -2.24. The molecule has 0 aliphatic carbocycles. The molecule has 3 rings (SSSR count). The van der Waals surface area contributed by atoms with E-state index in [2.05, 4.69) is 5.32 Å². The van der Waals surface area contributed by atoms with Gasteiger partial charge in [-0.1, -0.05) is 35.9 Å². The summed E-state index contributed by atoms with van der Waals surface area (Å²) in [5, 5.41) is 3.61. The van der Waals surface area contributed by atoms with Gasteiger partial charge in [-0.25, -0.2) is 0 Å². The molecule has 0 bridgehead atoms. The summed E-state index contributed by atoms with van der Waals surface area (Å²) in [6, 6.07) is 15.2. The Kier molecular flexibility index (Phi) is 3.67. The average molecular weight is 300 g/mol. The summed E-state index contributed by atoms with van der Waals surface area (Å²) in [7, 11) is 0. The molecule has 2 aromatic rings. The van der Waals surface area contributed by atoms with E-state index in [1.165, 1.54) is 6.92 Å². The van der Waals surface area contributed by atoms with E-state index in [1.54, 1.807) is 0 Å². The van der Waals surface area contributed by atoms with Crippen molar-refractivity contribution in [2.45, 2.75) is 6.92 Å². The van der Waals surface area contributed by atoms with Crippen LogP contribution in [-0.2, 0) is 4.79 Å². The first-order chi connectivity index (χ1) is 10.1. The Balaban J connectivity index is 2.15. The van der Waals surface area contributed by atoms with Gasteiger partial charge in [0.1, 0.15) is 12.4 Å². The van der Waals surface area contributed by atoms with Crippen LogP contribution < -0.4 is 10.1 Å². The van der Waals surface area contributed by atoms with Crippen molar-refractivity contribution < 1.29 is 9.53 Å². The molecule has 0 aromatic heterocycles. The second kappa shape index (κ2) is 5.62. The highest BCUT2D eigenvalue weighted by Crippen LogP contribution is 2.35. The standard InChI is InChI=1S/C17H14ClNO2/c1-11(20)19-17-14-4-2-3-5-16(14)21-10-15(17)12-6-8-13(18)9-7-12/h2-9H,10H2,1H3,(H,19,20). The Bertz CT molecular complexity index is 720. The van der Waals surface area contributed by atoms with E-state index in [0.29, 0.717) is 11.6 Å². The third kappa shape index (κ3) is 2.78. The molecule has 0 radical (unpaired) electrons. The molecule has 21 heavy (non-hydrogen) atoms. The molecule has 2 aromatic carbocycles. The van der Waals surface area contributed by atoms with Crippen LogP contribution >= 0.6 is 11.6 Å². The number of para-hydroxylation sites is 1. The summed E-state index contributed by atoms with van der Waals surface area (Å²) in [6.45, 7) is 1.92. The van der Waals surface area contributed by atoms with Crippen LogP contribution in [0, 0.1) is 0 Å². The lowest BCUT2D eigenvalue weighted by Crippen LogP contribution is -2.24. The molecule has 0 saturated carbocycles. The first-order valence-electron chi connectivity index (χ1n) is 6.64. The SMILES string of the molecule is CC(=O)NC1=C(c2ccc(Cl)cc2)COc2ccccc21. The summed E-state index contributed by atoms with van der Waals surface area (Å²) in [5.41, 5.74) is 3.62. The molecular formula is C17H14ClNO2. The van der Waals surface area contributed by atoms with Crippen molar-refractivity contribution in [2.75, 3.05) is 6.61 Å². The van der Waals surface area contributed by atoms with Crippen LogP contribution in [0.5, 0.6) is 5.75 Å². The molecule has 1 amide bonds. The maximum atomic E-state index is 11.5. The maximum absolute atomic E-state index is 11.5. The number of benzene rings is 2. The van der Waals surface area contributed by atoms with Gasteiger partial charge >= 0.3 is 0 Å². The van der Waals surface area contributed by atoms with Crippen molar-refractivity contribution in [1.82, 2.24) is 5.32 Å². The minimum Gasteiger partial charge on any atom is -0.488 e. The lowest BCUT2D eigenvalue weighted by molar-refractivity contribution is -0.117. The Morgan fingerprint density at radius 1 is 1.14 bits per heavy atom. The largest absolute Gasteiger partial charge is 0.488 e. The van der Waals surface area contributed by atoms with Crippen molar-refractivity contribution in [3.8, 4) is 5.75 Å². The predicted octanol–water partition coefficient (Wildman–Crippen LogP) is 3.74. The Morgan fingerprint density at radius 3 is 2.57 bits per heavy atom. The lowest BCUT2D eigenvalue weighted by atomic mass is 9.97. The van der Waals surface area contributed by atoms with E-state index in [-0.39, 0.29) is 5.91 Å². The average Bonchev–Trinajstić information content (AvgIpc) is 2.48. The summed E-state index contributed by atoms with van der Waals surface area (Å²) in [5.74, 6) is 0.673. The van der Waals surface area contributed by atoms with Gasteiger partial charge < -0.3 is 10.1 Å². The molecule has 0 fully saturated rings. The zero-order valence-corrected chi connectivity index (χ0v) is 12.3. The molecule has 4 heteroatoms. The van der Waals surface area contributed by atoms with E-state index in [0.717, 1.165) is 28.1 Å². The summed E-state index contributed by atoms with van der Waals surface area (Å²) >= 11 is 5.94. The summed E-state index contributed by atoms with van der Waals surface area (Å²) < 4.78 is 5.79. The number of amides is 1. The normalized spacial score (nSPS) is 13.4. The molecule has 0 unspecified atom stereocenters. The van der Waals surface area contributed by atoms with Crippen molar-refractivity contribution in [2.24, 2.45) is 0 Å². The number of nitrogens with one attached hydrogen (secondary N) is 1. The predicted molar refractivity (Wildman–Crippen MR) is 84.0 cm³/mol. The number of rotatable bonds is 2. The number of ether oxygens (including phenoxy) is 1. The summed E-state index contributed by atoms with van der Waals surface area (Å²) in [4.78, 5) is 11.5. The quantitative estimate of drug-likeness (QED) is 0.917. The van der Waals surface area contributed by atoms with E-state index >= 15 is 0 Å². The molecule has 1 aliphatic rings. The van der Waals surface area contributed by atoms with Crippen molar-refractivity contribution in [3.05, 3.63) is 64.7 Å². The highest BCUT2D eigenvalue weighted by atomic mass is 35.5. The molecule has 106 valence electrons. The molecule has 0 saturated heterocycles. The van der Waals surface area contributed by atoms with Crippen LogP contribution in [0.3, 0.4) is 0 Å². The van der Waals surface area contributed by atoms with Crippen LogP contribution in [0.1, 0.15) is 18.1 Å². The third-order valence-electron chi connectivity index (χ3n) is 3.32. The van der Waals surface area contributed by atoms with Crippen molar-refractivity contribution in [1.29, 1.82) is 0 Å². The Morgan fingerprint density at radius 2 is 1.86 bits per heavy atom. The number of fused-ring (bicyclic) bond motifs is 1. The van der Waals surface area contributed by atoms with Gasteiger partial charge in [0.2, 0.25) is 5.91 Å². The van der Waals surface area contributed by atoms with Gasteiger partial charge in [0.25, 0.3) is 0 Å². The molecule has 1 heterocycles. The molecule has 0 atom stereocenters.